The summed E-state index contributed by atoms with van der Waals surface area (Å²) in [5.41, 5.74) is 2.79. The Balaban J connectivity index is 2.09. The highest BCUT2D eigenvalue weighted by Crippen LogP contribution is 2.30. The first-order valence-electron chi connectivity index (χ1n) is 10.2. The van der Waals surface area contributed by atoms with Gasteiger partial charge in [-0.15, -0.1) is 11.3 Å². The molecule has 0 atom stereocenters. The average molecular weight is 444 g/mol. The molecule has 5 nitrogen and oxygen atoms in total. The SMILES string of the molecule is Cc1ccc(-n2c(SCC(=O)N(C(C)C)C(C)C)nc3sc(C)c(C)c3c2=O)cc1. The monoisotopic (exact) mass is 443 g/mol. The van der Waals surface area contributed by atoms with Crippen molar-refractivity contribution >= 4 is 39.2 Å². The maximum Gasteiger partial charge on any atom is 0.267 e. The van der Waals surface area contributed by atoms with Gasteiger partial charge in [-0.1, -0.05) is 29.5 Å². The predicted molar refractivity (Wildman–Crippen MR) is 127 cm³/mol. The molecule has 7 heteroatoms. The summed E-state index contributed by atoms with van der Waals surface area (Å²) in [4.78, 5) is 34.9. The first-order valence-corrected chi connectivity index (χ1v) is 12.0. The van der Waals surface area contributed by atoms with Crippen LogP contribution >= 0.6 is 23.1 Å². The van der Waals surface area contributed by atoms with Gasteiger partial charge in [-0.05, 0) is 66.2 Å². The van der Waals surface area contributed by atoms with Crippen molar-refractivity contribution in [2.75, 3.05) is 5.75 Å². The molecule has 1 aromatic carbocycles. The summed E-state index contributed by atoms with van der Waals surface area (Å²) in [6, 6.07) is 8.07. The van der Waals surface area contributed by atoms with Crippen molar-refractivity contribution in [2.45, 2.75) is 65.7 Å². The lowest BCUT2D eigenvalue weighted by molar-refractivity contribution is -0.131. The van der Waals surface area contributed by atoms with E-state index in [2.05, 4.69) is 0 Å². The van der Waals surface area contributed by atoms with Crippen LogP contribution in [0.5, 0.6) is 0 Å². The molecule has 2 aromatic heterocycles. The summed E-state index contributed by atoms with van der Waals surface area (Å²) in [6.45, 7) is 14.1. The normalized spacial score (nSPS) is 11.6. The Hall–Kier alpha value is -2.12. The van der Waals surface area contributed by atoms with Crippen LogP contribution in [0.25, 0.3) is 15.9 Å². The number of thioether (sulfide) groups is 1. The fourth-order valence-corrected chi connectivity index (χ4v) is 5.62. The smallest absolute Gasteiger partial charge is 0.267 e. The van der Waals surface area contributed by atoms with Crippen LogP contribution < -0.4 is 5.56 Å². The summed E-state index contributed by atoms with van der Waals surface area (Å²) >= 11 is 2.86. The maximum atomic E-state index is 13.5. The molecule has 0 fully saturated rings. The Morgan fingerprint density at radius 2 is 1.70 bits per heavy atom. The number of carbonyl (C=O) groups is 1. The van der Waals surface area contributed by atoms with E-state index in [9.17, 15) is 9.59 Å². The van der Waals surface area contributed by atoms with Crippen LogP contribution in [-0.2, 0) is 4.79 Å². The summed E-state index contributed by atoms with van der Waals surface area (Å²) in [6.07, 6.45) is 0. The maximum absolute atomic E-state index is 13.5. The van der Waals surface area contributed by atoms with Gasteiger partial charge in [0.15, 0.2) is 5.16 Å². The molecule has 30 heavy (non-hydrogen) atoms. The molecule has 160 valence electrons. The van der Waals surface area contributed by atoms with Crippen LogP contribution in [0.3, 0.4) is 0 Å². The van der Waals surface area contributed by atoms with E-state index < -0.39 is 0 Å². The molecule has 0 radical (unpaired) electrons. The standard InChI is InChI=1S/C23H29N3O2S2/c1-13(2)25(14(3)4)19(27)12-29-23-24-21-20(16(6)17(7)30-21)22(28)26(23)18-10-8-15(5)9-11-18/h8-11,13-14H,12H2,1-7H3. The highest BCUT2D eigenvalue weighted by molar-refractivity contribution is 7.99. The lowest BCUT2D eigenvalue weighted by Crippen LogP contribution is -2.43. The van der Waals surface area contributed by atoms with E-state index in [1.54, 1.807) is 4.57 Å². The van der Waals surface area contributed by atoms with E-state index >= 15 is 0 Å². The number of aromatic nitrogens is 2. The minimum absolute atomic E-state index is 0.0494. The molecule has 0 spiro atoms. The topological polar surface area (TPSA) is 55.2 Å². The van der Waals surface area contributed by atoms with E-state index in [4.69, 9.17) is 4.98 Å². The molecular weight excluding hydrogens is 414 g/mol. The van der Waals surface area contributed by atoms with Crippen LogP contribution in [0.2, 0.25) is 0 Å². The molecule has 0 saturated heterocycles. The Labute approximate surface area is 186 Å². The van der Waals surface area contributed by atoms with Crippen LogP contribution in [-0.4, -0.2) is 38.2 Å². The van der Waals surface area contributed by atoms with Crippen molar-refractivity contribution in [3.63, 3.8) is 0 Å². The predicted octanol–water partition coefficient (Wildman–Crippen LogP) is 5.11. The molecule has 0 saturated carbocycles. The average Bonchev–Trinajstić information content (AvgIpc) is 2.94. The van der Waals surface area contributed by atoms with Gasteiger partial charge in [0.25, 0.3) is 5.56 Å². The van der Waals surface area contributed by atoms with Crippen LogP contribution in [0.1, 0.15) is 43.7 Å². The highest BCUT2D eigenvalue weighted by Gasteiger charge is 2.23. The highest BCUT2D eigenvalue weighted by atomic mass is 32.2. The molecule has 0 aliphatic rings. The first kappa shape index (κ1) is 22.6. The number of hydrogen-bond donors (Lipinski definition) is 0. The Bertz CT molecular complexity index is 1120. The van der Waals surface area contributed by atoms with E-state index in [1.165, 1.54) is 23.1 Å². The lowest BCUT2D eigenvalue weighted by atomic mass is 10.2. The fraction of sp³-hybridized carbons (Fsp3) is 0.435. The van der Waals surface area contributed by atoms with Crippen molar-refractivity contribution in [3.05, 3.63) is 50.6 Å². The van der Waals surface area contributed by atoms with Crippen molar-refractivity contribution in [1.82, 2.24) is 14.5 Å². The number of nitrogens with zero attached hydrogens (tertiary/aromatic N) is 3. The summed E-state index contributed by atoms with van der Waals surface area (Å²) < 4.78 is 1.65. The molecule has 3 rings (SSSR count). The molecule has 0 N–H and O–H groups in total. The van der Waals surface area contributed by atoms with E-state index in [-0.39, 0.29) is 29.3 Å². The fourth-order valence-electron chi connectivity index (χ4n) is 3.67. The lowest BCUT2D eigenvalue weighted by Gasteiger charge is -2.30. The van der Waals surface area contributed by atoms with Crippen molar-refractivity contribution in [1.29, 1.82) is 0 Å². The van der Waals surface area contributed by atoms with Gasteiger partial charge in [0.05, 0.1) is 16.8 Å². The summed E-state index contributed by atoms with van der Waals surface area (Å²) in [5, 5.41) is 1.22. The van der Waals surface area contributed by atoms with Crippen LogP contribution in [0.4, 0.5) is 0 Å². The molecule has 2 heterocycles. The number of hydrogen-bond acceptors (Lipinski definition) is 5. The number of benzene rings is 1. The van der Waals surface area contributed by atoms with Gasteiger partial charge < -0.3 is 4.90 Å². The summed E-state index contributed by atoms with van der Waals surface area (Å²) in [5.74, 6) is 0.289. The second kappa shape index (κ2) is 8.94. The number of carbonyl (C=O) groups excluding carboxylic acids is 1. The molecule has 3 aromatic rings. The third-order valence-electron chi connectivity index (χ3n) is 5.19. The van der Waals surface area contributed by atoms with Gasteiger partial charge in [-0.3, -0.25) is 14.2 Å². The zero-order valence-electron chi connectivity index (χ0n) is 18.6. The third kappa shape index (κ3) is 4.32. The Morgan fingerprint density at radius 3 is 2.27 bits per heavy atom. The molecule has 0 aliphatic heterocycles. The number of aryl methyl sites for hydroxylation is 3. The van der Waals surface area contributed by atoms with Gasteiger partial charge in [-0.2, -0.15) is 0 Å². The second-order valence-corrected chi connectivity index (χ2v) is 10.3. The van der Waals surface area contributed by atoms with Gasteiger partial charge in [0.2, 0.25) is 5.91 Å². The van der Waals surface area contributed by atoms with Crippen LogP contribution in [0, 0.1) is 20.8 Å². The molecule has 0 unspecified atom stereocenters. The third-order valence-corrected chi connectivity index (χ3v) is 7.21. The number of rotatable bonds is 6. The summed E-state index contributed by atoms with van der Waals surface area (Å²) in [7, 11) is 0. The first-order chi connectivity index (χ1) is 14.1. The zero-order valence-corrected chi connectivity index (χ0v) is 20.3. The quantitative estimate of drug-likeness (QED) is 0.392. The second-order valence-electron chi connectivity index (χ2n) is 8.11. The van der Waals surface area contributed by atoms with Crippen molar-refractivity contribution < 1.29 is 4.79 Å². The van der Waals surface area contributed by atoms with Gasteiger partial charge in [0.1, 0.15) is 4.83 Å². The largest absolute Gasteiger partial charge is 0.337 e. The number of thiophene rings is 1. The molecule has 1 amide bonds. The van der Waals surface area contributed by atoms with Gasteiger partial charge in [0, 0.05) is 17.0 Å². The number of amides is 1. The van der Waals surface area contributed by atoms with Gasteiger partial charge >= 0.3 is 0 Å². The van der Waals surface area contributed by atoms with E-state index in [1.807, 2.05) is 77.6 Å². The van der Waals surface area contributed by atoms with E-state index in [0.29, 0.717) is 10.5 Å². The van der Waals surface area contributed by atoms with Crippen molar-refractivity contribution in [3.8, 4) is 5.69 Å². The Kier molecular flexibility index (Phi) is 6.72. The Morgan fingerprint density at radius 1 is 1.10 bits per heavy atom. The minimum Gasteiger partial charge on any atom is -0.337 e. The zero-order chi connectivity index (χ0) is 22.2. The molecule has 0 aliphatic carbocycles. The van der Waals surface area contributed by atoms with Crippen molar-refractivity contribution in [2.24, 2.45) is 0 Å². The molecule has 0 bridgehead atoms. The minimum atomic E-state index is -0.0785. The number of fused-ring (bicyclic) bond motifs is 1. The molecular formula is C23H29N3O2S2. The van der Waals surface area contributed by atoms with Crippen LogP contribution in [0.15, 0.2) is 34.2 Å². The van der Waals surface area contributed by atoms with E-state index in [0.717, 1.165) is 26.5 Å². The van der Waals surface area contributed by atoms with Gasteiger partial charge in [-0.25, -0.2) is 4.98 Å².